The number of phenols is 1. The van der Waals surface area contributed by atoms with E-state index in [0.29, 0.717) is 23.6 Å². The Morgan fingerprint density at radius 3 is 2.35 bits per heavy atom. The molecule has 196 valence electrons. The second-order valence-electron chi connectivity index (χ2n) is 8.50. The molecule has 0 aromatic heterocycles. The van der Waals surface area contributed by atoms with Gasteiger partial charge in [0.2, 0.25) is 0 Å². The van der Waals surface area contributed by atoms with Crippen molar-refractivity contribution in [2.24, 2.45) is 5.73 Å². The van der Waals surface area contributed by atoms with Crippen molar-refractivity contribution < 1.29 is 23.8 Å². The number of benzene rings is 3. The summed E-state index contributed by atoms with van der Waals surface area (Å²) in [6.45, 7) is 6.05. The first-order valence-corrected chi connectivity index (χ1v) is 11.8. The molecule has 0 saturated carbocycles. The van der Waals surface area contributed by atoms with Gasteiger partial charge < -0.3 is 25.6 Å². The summed E-state index contributed by atoms with van der Waals surface area (Å²) in [5, 5.41) is 20.1. The molecule has 3 aromatic carbocycles. The summed E-state index contributed by atoms with van der Waals surface area (Å²) in [6.07, 6.45) is -0.203. The number of anilines is 1. The summed E-state index contributed by atoms with van der Waals surface area (Å²) in [5.74, 6) is -0.589. The lowest BCUT2D eigenvalue weighted by atomic mass is 10.0. The summed E-state index contributed by atoms with van der Waals surface area (Å²) < 4.78 is 26.8. The molecule has 0 heterocycles. The maximum Gasteiger partial charge on any atom is 0.261 e. The van der Waals surface area contributed by atoms with Gasteiger partial charge in [-0.15, -0.1) is 0 Å². The van der Waals surface area contributed by atoms with Crippen molar-refractivity contribution in [3.63, 3.8) is 0 Å². The minimum absolute atomic E-state index is 0.0548. The second-order valence-corrected chi connectivity index (χ2v) is 8.50. The van der Waals surface area contributed by atoms with E-state index in [-0.39, 0.29) is 35.5 Å². The van der Waals surface area contributed by atoms with E-state index in [1.807, 2.05) is 13.8 Å². The summed E-state index contributed by atoms with van der Waals surface area (Å²) >= 11 is 0. The first-order valence-electron chi connectivity index (χ1n) is 11.8. The quantitative estimate of drug-likeness (QED) is 0.123. The normalized spacial score (nSPS) is 11.6. The van der Waals surface area contributed by atoms with Crippen LogP contribution in [0.4, 0.5) is 10.1 Å². The number of amides is 1. The first-order chi connectivity index (χ1) is 17.7. The van der Waals surface area contributed by atoms with Crippen molar-refractivity contribution in [3.05, 3.63) is 83.2 Å². The predicted octanol–water partition coefficient (Wildman–Crippen LogP) is 3.98. The van der Waals surface area contributed by atoms with Crippen molar-refractivity contribution in [1.82, 2.24) is 10.9 Å². The molecule has 1 atom stereocenters. The Bertz CT molecular complexity index is 1220. The average molecular weight is 510 g/mol. The van der Waals surface area contributed by atoms with Crippen LogP contribution in [0.25, 0.3) is 0 Å². The van der Waals surface area contributed by atoms with Gasteiger partial charge in [-0.2, -0.15) is 0 Å². The summed E-state index contributed by atoms with van der Waals surface area (Å²) in [5.41, 5.74) is 12.9. The zero-order chi connectivity index (χ0) is 26.9. The number of ether oxygens (including phenoxy) is 2. The molecular formula is C27H32FN5O4. The zero-order valence-electron chi connectivity index (χ0n) is 21.0. The van der Waals surface area contributed by atoms with Crippen molar-refractivity contribution >= 4 is 17.4 Å². The standard InChI is InChI=1S/C27H32FN5O4/c1-4-36-23-13-21(22(28)14-24(23)37-16(2)3)25(32-19-9-7-18(8-10-19)26(29)30)27(35)33-31-15-17-5-11-20(34)12-6-17/h5-14,16,25,31-32,34H,4,15H2,1-3H3,(H3,29,30)(H,33,35). The molecule has 0 bridgehead atoms. The molecule has 0 aliphatic rings. The van der Waals surface area contributed by atoms with Crippen LogP contribution in [-0.2, 0) is 11.3 Å². The Labute approximate surface area is 215 Å². The van der Waals surface area contributed by atoms with Gasteiger partial charge in [0, 0.05) is 29.4 Å². The van der Waals surface area contributed by atoms with Crippen LogP contribution in [0, 0.1) is 11.2 Å². The summed E-state index contributed by atoms with van der Waals surface area (Å²) in [6, 6.07) is 14.6. The van der Waals surface area contributed by atoms with E-state index in [0.717, 1.165) is 5.56 Å². The minimum Gasteiger partial charge on any atom is -0.508 e. The van der Waals surface area contributed by atoms with Gasteiger partial charge in [0.1, 0.15) is 23.4 Å². The highest BCUT2D eigenvalue weighted by Crippen LogP contribution is 2.35. The van der Waals surface area contributed by atoms with Gasteiger partial charge >= 0.3 is 0 Å². The fourth-order valence-electron chi connectivity index (χ4n) is 3.50. The molecule has 9 nitrogen and oxygen atoms in total. The molecular weight excluding hydrogens is 477 g/mol. The van der Waals surface area contributed by atoms with E-state index in [4.69, 9.17) is 20.6 Å². The third-order valence-electron chi connectivity index (χ3n) is 5.25. The summed E-state index contributed by atoms with van der Waals surface area (Å²) in [4.78, 5) is 13.3. The van der Waals surface area contributed by atoms with Crippen LogP contribution >= 0.6 is 0 Å². The number of hydrogen-bond donors (Lipinski definition) is 6. The van der Waals surface area contributed by atoms with Crippen molar-refractivity contribution in [1.29, 1.82) is 5.41 Å². The number of amidine groups is 1. The van der Waals surface area contributed by atoms with E-state index >= 15 is 4.39 Å². The lowest BCUT2D eigenvalue weighted by Gasteiger charge is -2.23. The van der Waals surface area contributed by atoms with Crippen molar-refractivity contribution in [2.75, 3.05) is 11.9 Å². The van der Waals surface area contributed by atoms with Crippen LogP contribution in [0.1, 0.15) is 43.5 Å². The molecule has 3 rings (SSSR count). The van der Waals surface area contributed by atoms with Crippen LogP contribution in [0.2, 0.25) is 0 Å². The topological polar surface area (TPSA) is 142 Å². The number of aromatic hydroxyl groups is 1. The Hall–Kier alpha value is -4.31. The molecule has 0 saturated heterocycles. The highest BCUT2D eigenvalue weighted by Gasteiger charge is 2.26. The largest absolute Gasteiger partial charge is 0.508 e. The van der Waals surface area contributed by atoms with Crippen LogP contribution in [0.5, 0.6) is 17.2 Å². The van der Waals surface area contributed by atoms with E-state index in [1.54, 1.807) is 55.5 Å². The first kappa shape index (κ1) is 27.3. The van der Waals surface area contributed by atoms with Crippen LogP contribution in [0.15, 0.2) is 60.7 Å². The number of hydrogen-bond acceptors (Lipinski definition) is 7. The van der Waals surface area contributed by atoms with Crippen LogP contribution in [0.3, 0.4) is 0 Å². The number of halogens is 1. The Morgan fingerprint density at radius 1 is 1.08 bits per heavy atom. The van der Waals surface area contributed by atoms with Crippen LogP contribution in [-0.4, -0.2) is 29.6 Å². The molecule has 0 spiro atoms. The lowest BCUT2D eigenvalue weighted by Crippen LogP contribution is -2.42. The number of hydrazine groups is 1. The number of carbonyl (C=O) groups excluding carboxylic acids is 1. The molecule has 0 fully saturated rings. The number of nitrogens with one attached hydrogen (secondary N) is 4. The maximum atomic E-state index is 15.4. The van der Waals surface area contributed by atoms with E-state index in [2.05, 4.69) is 16.2 Å². The van der Waals surface area contributed by atoms with E-state index in [1.165, 1.54) is 12.1 Å². The molecule has 37 heavy (non-hydrogen) atoms. The Morgan fingerprint density at radius 2 is 1.76 bits per heavy atom. The second kappa shape index (κ2) is 12.6. The third kappa shape index (κ3) is 7.58. The third-order valence-corrected chi connectivity index (χ3v) is 5.25. The number of nitrogen functional groups attached to an aromatic ring is 1. The predicted molar refractivity (Wildman–Crippen MR) is 140 cm³/mol. The molecule has 1 amide bonds. The van der Waals surface area contributed by atoms with Crippen molar-refractivity contribution in [2.45, 2.75) is 39.5 Å². The van der Waals surface area contributed by atoms with Gasteiger partial charge in [0.15, 0.2) is 11.5 Å². The molecule has 0 radical (unpaired) electrons. The van der Waals surface area contributed by atoms with Gasteiger partial charge in [0.05, 0.1) is 12.7 Å². The molecule has 1 unspecified atom stereocenters. The Kier molecular flexibility index (Phi) is 9.28. The van der Waals surface area contributed by atoms with Crippen LogP contribution < -0.4 is 31.4 Å². The smallest absolute Gasteiger partial charge is 0.261 e. The van der Waals surface area contributed by atoms with E-state index < -0.39 is 17.8 Å². The van der Waals surface area contributed by atoms with E-state index in [9.17, 15) is 9.90 Å². The van der Waals surface area contributed by atoms with Gasteiger partial charge in [-0.1, -0.05) is 12.1 Å². The molecule has 7 N–H and O–H groups in total. The number of nitrogens with two attached hydrogens (primary N) is 1. The zero-order valence-corrected chi connectivity index (χ0v) is 21.0. The average Bonchev–Trinajstić information content (AvgIpc) is 2.85. The van der Waals surface area contributed by atoms with Gasteiger partial charge in [-0.05, 0) is 68.8 Å². The maximum absolute atomic E-state index is 15.4. The highest BCUT2D eigenvalue weighted by molar-refractivity contribution is 5.95. The lowest BCUT2D eigenvalue weighted by molar-refractivity contribution is -0.123. The Balaban J connectivity index is 1.90. The fraction of sp³-hybridized carbons (Fsp3) is 0.259. The number of rotatable bonds is 12. The molecule has 0 aliphatic carbocycles. The molecule has 0 aliphatic heterocycles. The highest BCUT2D eigenvalue weighted by atomic mass is 19.1. The van der Waals surface area contributed by atoms with Gasteiger partial charge in [-0.3, -0.25) is 15.6 Å². The minimum atomic E-state index is -1.15. The van der Waals surface area contributed by atoms with Gasteiger partial charge in [0.25, 0.3) is 5.91 Å². The number of phenolic OH excluding ortho intramolecular Hbond substituents is 1. The fourth-order valence-corrected chi connectivity index (χ4v) is 3.50. The van der Waals surface area contributed by atoms with Gasteiger partial charge in [-0.25, -0.2) is 9.82 Å². The SMILES string of the molecule is CCOc1cc(C(Nc2ccc(C(=N)N)cc2)C(=O)NNCc2ccc(O)cc2)c(F)cc1OC(C)C. The summed E-state index contributed by atoms with van der Waals surface area (Å²) in [7, 11) is 0. The molecule has 10 heteroatoms. The molecule has 3 aromatic rings. The van der Waals surface area contributed by atoms with Crippen molar-refractivity contribution in [3.8, 4) is 17.2 Å². The number of carbonyl (C=O) groups is 1. The monoisotopic (exact) mass is 509 g/mol.